The molecule has 0 atom stereocenters. The number of nitrogens with zero attached hydrogens (tertiary/aromatic N) is 2. The van der Waals surface area contributed by atoms with Crippen molar-refractivity contribution < 1.29 is 9.90 Å². The smallest absolute Gasteiger partial charge is 0.200 e. The van der Waals surface area contributed by atoms with Gasteiger partial charge in [-0.2, -0.15) is 5.26 Å². The average molecular weight is 316 g/mol. The predicted molar refractivity (Wildman–Crippen MR) is 93.5 cm³/mol. The molecule has 4 heteroatoms. The van der Waals surface area contributed by atoms with Crippen LogP contribution < -0.4 is 0 Å². The first-order chi connectivity index (χ1) is 11.7. The first-order valence-electron chi connectivity index (χ1n) is 7.81. The topological polar surface area (TPSA) is 73.4 Å². The minimum absolute atomic E-state index is 0.0312. The van der Waals surface area contributed by atoms with Gasteiger partial charge in [-0.1, -0.05) is 49.7 Å². The van der Waals surface area contributed by atoms with E-state index >= 15 is 0 Å². The fourth-order valence-electron chi connectivity index (χ4n) is 2.78. The molecule has 118 valence electrons. The van der Waals surface area contributed by atoms with Gasteiger partial charge in [0.05, 0.1) is 5.69 Å². The second-order valence-corrected chi connectivity index (χ2v) is 5.59. The predicted octanol–water partition coefficient (Wildman–Crippen LogP) is 4.40. The van der Waals surface area contributed by atoms with Gasteiger partial charge in [0, 0.05) is 11.1 Å². The molecular formula is C20H16N2O2. The molecule has 2 aromatic carbocycles. The van der Waals surface area contributed by atoms with E-state index in [-0.39, 0.29) is 22.8 Å². The molecule has 0 spiro atoms. The van der Waals surface area contributed by atoms with E-state index in [1.807, 2.05) is 30.3 Å². The third kappa shape index (κ3) is 2.72. The van der Waals surface area contributed by atoms with E-state index in [0.29, 0.717) is 16.8 Å². The molecule has 0 heterocycles. The summed E-state index contributed by atoms with van der Waals surface area (Å²) in [5.74, 6) is -0.551. The van der Waals surface area contributed by atoms with Crippen LogP contribution in [0.1, 0.15) is 34.8 Å². The maximum Gasteiger partial charge on any atom is 0.200 e. The SMILES string of the molecule is CCCc1ccc(N=C(C#N)C2=C(O)c3ccccc3C2=O)cc1. The summed E-state index contributed by atoms with van der Waals surface area (Å²) >= 11 is 0. The normalized spacial score (nSPS) is 13.8. The van der Waals surface area contributed by atoms with Gasteiger partial charge in [0.1, 0.15) is 17.4 Å². The summed E-state index contributed by atoms with van der Waals surface area (Å²) in [7, 11) is 0. The van der Waals surface area contributed by atoms with E-state index in [0.717, 1.165) is 12.8 Å². The van der Waals surface area contributed by atoms with Gasteiger partial charge in [0.25, 0.3) is 0 Å². The number of rotatable bonds is 4. The number of ketones is 1. The number of aryl methyl sites for hydroxylation is 1. The van der Waals surface area contributed by atoms with Crippen LogP contribution in [-0.2, 0) is 6.42 Å². The number of fused-ring (bicyclic) bond motifs is 1. The van der Waals surface area contributed by atoms with Crippen LogP contribution in [-0.4, -0.2) is 16.6 Å². The van der Waals surface area contributed by atoms with Gasteiger partial charge in [-0.05, 0) is 24.1 Å². The van der Waals surface area contributed by atoms with Crippen molar-refractivity contribution >= 4 is 22.9 Å². The van der Waals surface area contributed by atoms with Gasteiger partial charge in [-0.15, -0.1) is 0 Å². The van der Waals surface area contributed by atoms with Crippen LogP contribution in [0.4, 0.5) is 5.69 Å². The monoisotopic (exact) mass is 316 g/mol. The minimum atomic E-state index is -0.369. The van der Waals surface area contributed by atoms with Crippen molar-refractivity contribution in [1.82, 2.24) is 0 Å². The summed E-state index contributed by atoms with van der Waals surface area (Å²) in [5.41, 5.74) is 2.51. The molecule has 0 saturated heterocycles. The molecule has 0 fully saturated rings. The van der Waals surface area contributed by atoms with E-state index in [1.54, 1.807) is 24.3 Å². The number of carbonyl (C=O) groups is 1. The number of benzene rings is 2. The zero-order valence-electron chi connectivity index (χ0n) is 13.3. The number of aliphatic hydroxyl groups excluding tert-OH is 1. The Balaban J connectivity index is 2.00. The van der Waals surface area contributed by atoms with Crippen LogP contribution in [0, 0.1) is 11.3 Å². The Kier molecular flexibility index (Phi) is 4.26. The lowest BCUT2D eigenvalue weighted by molar-refractivity contribution is 0.104. The third-order valence-corrected chi connectivity index (χ3v) is 3.95. The fraction of sp³-hybridized carbons (Fsp3) is 0.150. The molecule has 1 aliphatic rings. The lowest BCUT2D eigenvalue weighted by atomic mass is 10.1. The highest BCUT2D eigenvalue weighted by Gasteiger charge is 2.32. The molecule has 0 radical (unpaired) electrons. The van der Waals surface area contributed by atoms with Crippen LogP contribution in [0.25, 0.3) is 5.76 Å². The Bertz CT molecular complexity index is 900. The Hall–Kier alpha value is -3.19. The summed E-state index contributed by atoms with van der Waals surface area (Å²) in [6.07, 6.45) is 2.04. The highest BCUT2D eigenvalue weighted by Crippen LogP contribution is 2.32. The summed E-state index contributed by atoms with van der Waals surface area (Å²) < 4.78 is 0. The van der Waals surface area contributed by atoms with Crippen LogP contribution in [0.15, 0.2) is 59.1 Å². The van der Waals surface area contributed by atoms with Crippen molar-refractivity contribution in [1.29, 1.82) is 5.26 Å². The molecule has 0 aromatic heterocycles. The van der Waals surface area contributed by atoms with E-state index in [4.69, 9.17) is 0 Å². The summed E-state index contributed by atoms with van der Waals surface area (Å²) in [6, 6.07) is 16.2. The zero-order valence-corrected chi connectivity index (χ0v) is 13.3. The number of aliphatic hydroxyl groups is 1. The first-order valence-corrected chi connectivity index (χ1v) is 7.81. The molecular weight excluding hydrogens is 300 g/mol. The molecule has 2 aromatic rings. The maximum atomic E-state index is 12.5. The van der Waals surface area contributed by atoms with E-state index in [1.165, 1.54) is 5.56 Å². The lowest BCUT2D eigenvalue weighted by Gasteiger charge is -2.02. The molecule has 3 rings (SSSR count). The molecule has 0 amide bonds. The lowest BCUT2D eigenvalue weighted by Crippen LogP contribution is -2.08. The molecule has 1 aliphatic carbocycles. The molecule has 4 nitrogen and oxygen atoms in total. The van der Waals surface area contributed by atoms with Crippen LogP contribution in [0.2, 0.25) is 0 Å². The van der Waals surface area contributed by atoms with Crippen LogP contribution >= 0.6 is 0 Å². The van der Waals surface area contributed by atoms with Crippen LogP contribution in [0.3, 0.4) is 0 Å². The highest BCUT2D eigenvalue weighted by molar-refractivity contribution is 6.39. The van der Waals surface area contributed by atoms with Crippen molar-refractivity contribution in [3.63, 3.8) is 0 Å². The quantitative estimate of drug-likeness (QED) is 0.850. The standard InChI is InChI=1S/C20H16N2O2/c1-2-5-13-8-10-14(11-9-13)22-17(12-21)18-19(23)15-6-3-4-7-16(15)20(18)24/h3-4,6-11,23H,2,5H2,1H3. The number of nitriles is 1. The minimum Gasteiger partial charge on any atom is -0.506 e. The van der Waals surface area contributed by atoms with E-state index in [9.17, 15) is 15.2 Å². The van der Waals surface area contributed by atoms with E-state index < -0.39 is 0 Å². The zero-order chi connectivity index (χ0) is 17.1. The summed E-state index contributed by atoms with van der Waals surface area (Å²) in [6.45, 7) is 2.11. The Labute approximate surface area is 140 Å². The van der Waals surface area contributed by atoms with Crippen LogP contribution in [0.5, 0.6) is 0 Å². The van der Waals surface area contributed by atoms with Gasteiger partial charge in [-0.25, -0.2) is 4.99 Å². The molecule has 0 aliphatic heterocycles. The number of hydrogen-bond acceptors (Lipinski definition) is 4. The molecule has 24 heavy (non-hydrogen) atoms. The molecule has 0 saturated carbocycles. The Morgan fingerprint density at radius 2 is 1.79 bits per heavy atom. The number of hydrogen-bond donors (Lipinski definition) is 1. The molecule has 1 N–H and O–H groups in total. The number of aliphatic imine (C=N–C) groups is 1. The van der Waals surface area contributed by atoms with Gasteiger partial charge in [-0.3, -0.25) is 4.79 Å². The first kappa shape index (κ1) is 15.7. The second-order valence-electron chi connectivity index (χ2n) is 5.59. The largest absolute Gasteiger partial charge is 0.506 e. The van der Waals surface area contributed by atoms with E-state index in [2.05, 4.69) is 11.9 Å². The van der Waals surface area contributed by atoms with Crippen molar-refractivity contribution in [2.24, 2.45) is 4.99 Å². The Morgan fingerprint density at radius 1 is 1.12 bits per heavy atom. The van der Waals surface area contributed by atoms with Gasteiger partial charge >= 0.3 is 0 Å². The van der Waals surface area contributed by atoms with Gasteiger partial charge in [0.15, 0.2) is 11.5 Å². The third-order valence-electron chi connectivity index (χ3n) is 3.95. The highest BCUT2D eigenvalue weighted by atomic mass is 16.3. The fourth-order valence-corrected chi connectivity index (χ4v) is 2.78. The number of carbonyl (C=O) groups excluding carboxylic acids is 1. The van der Waals surface area contributed by atoms with Crippen molar-refractivity contribution in [2.45, 2.75) is 19.8 Å². The number of allylic oxidation sites excluding steroid dienone is 1. The average Bonchev–Trinajstić information content (AvgIpc) is 2.86. The molecule has 0 unspecified atom stereocenters. The van der Waals surface area contributed by atoms with Crippen molar-refractivity contribution in [3.8, 4) is 6.07 Å². The van der Waals surface area contributed by atoms with Gasteiger partial charge in [0.2, 0.25) is 0 Å². The summed E-state index contributed by atoms with van der Waals surface area (Å²) in [4.78, 5) is 16.7. The molecule has 0 bridgehead atoms. The van der Waals surface area contributed by atoms with Crippen molar-refractivity contribution in [3.05, 3.63) is 70.8 Å². The Morgan fingerprint density at radius 3 is 2.38 bits per heavy atom. The maximum absolute atomic E-state index is 12.5. The van der Waals surface area contributed by atoms with Gasteiger partial charge < -0.3 is 5.11 Å². The van der Waals surface area contributed by atoms with Crippen molar-refractivity contribution in [2.75, 3.05) is 0 Å². The second kappa shape index (κ2) is 6.51. The number of Topliss-reactive ketones (excluding diaryl/α,β-unsaturated/α-hetero) is 1. The summed E-state index contributed by atoms with van der Waals surface area (Å²) in [5, 5.41) is 19.8.